The third-order valence-electron chi connectivity index (χ3n) is 6.92. The Labute approximate surface area is 186 Å². The van der Waals surface area contributed by atoms with Crippen LogP contribution in [0.5, 0.6) is 5.75 Å². The summed E-state index contributed by atoms with van der Waals surface area (Å²) in [5.74, 6) is -0.750. The summed E-state index contributed by atoms with van der Waals surface area (Å²) >= 11 is 0. The number of nitrogens with zero attached hydrogens (tertiary/aromatic N) is 2. The van der Waals surface area contributed by atoms with Gasteiger partial charge in [-0.15, -0.1) is 0 Å². The van der Waals surface area contributed by atoms with Crippen LogP contribution in [0.4, 0.5) is 0 Å². The second-order valence-electron chi connectivity index (χ2n) is 8.50. The second kappa shape index (κ2) is 7.16. The average Bonchev–Trinajstić information content (AvgIpc) is 3.08. The molecule has 158 valence electrons. The summed E-state index contributed by atoms with van der Waals surface area (Å²) in [6, 6.07) is 23.9. The highest BCUT2D eigenvalue weighted by atomic mass is 16.5. The largest absolute Gasteiger partial charge is 0.494 e. The fourth-order valence-corrected chi connectivity index (χ4v) is 5.75. The highest BCUT2D eigenvalue weighted by Crippen LogP contribution is 2.60. The Morgan fingerprint density at radius 2 is 1.34 bits per heavy atom. The molecule has 0 aromatic heterocycles. The molecule has 0 saturated carbocycles. The van der Waals surface area contributed by atoms with Gasteiger partial charge in [0, 0.05) is 11.8 Å². The molecule has 0 radical (unpaired) electrons. The third kappa shape index (κ3) is 2.60. The first-order chi connectivity index (χ1) is 15.7. The van der Waals surface area contributed by atoms with Gasteiger partial charge in [-0.1, -0.05) is 60.7 Å². The molecule has 3 aromatic rings. The van der Waals surface area contributed by atoms with Crippen molar-refractivity contribution in [3.8, 4) is 5.75 Å². The van der Waals surface area contributed by atoms with E-state index in [1.54, 1.807) is 6.21 Å². The third-order valence-corrected chi connectivity index (χ3v) is 6.92. The molecule has 2 bridgehead atoms. The zero-order valence-electron chi connectivity index (χ0n) is 17.6. The van der Waals surface area contributed by atoms with Gasteiger partial charge in [0.2, 0.25) is 0 Å². The lowest BCUT2D eigenvalue weighted by Crippen LogP contribution is -2.41. The van der Waals surface area contributed by atoms with Crippen molar-refractivity contribution >= 4 is 18.0 Å². The summed E-state index contributed by atoms with van der Waals surface area (Å²) in [5, 5.41) is 5.45. The Kier molecular flexibility index (Phi) is 4.25. The predicted octanol–water partition coefficient (Wildman–Crippen LogP) is 4.31. The van der Waals surface area contributed by atoms with Crippen LogP contribution in [0.25, 0.3) is 0 Å². The van der Waals surface area contributed by atoms with E-state index < -0.39 is 11.8 Å². The lowest BCUT2D eigenvalue weighted by Gasteiger charge is -2.45. The maximum absolute atomic E-state index is 13.5. The Balaban J connectivity index is 1.40. The molecule has 0 N–H and O–H groups in total. The number of carbonyl (C=O) groups is 2. The topological polar surface area (TPSA) is 59.0 Å². The molecule has 1 aliphatic heterocycles. The molecule has 5 nitrogen and oxygen atoms in total. The molecule has 0 unspecified atom stereocenters. The Bertz CT molecular complexity index is 1170. The van der Waals surface area contributed by atoms with Crippen LogP contribution in [-0.2, 0) is 9.59 Å². The van der Waals surface area contributed by atoms with E-state index in [4.69, 9.17) is 4.74 Å². The Morgan fingerprint density at radius 3 is 1.84 bits per heavy atom. The Hall–Kier alpha value is -3.73. The van der Waals surface area contributed by atoms with Crippen molar-refractivity contribution in [2.75, 3.05) is 6.61 Å². The lowest BCUT2D eigenvalue weighted by molar-refractivity contribution is -0.139. The molecule has 3 aliphatic carbocycles. The molecule has 7 rings (SSSR count). The summed E-state index contributed by atoms with van der Waals surface area (Å²) < 4.78 is 5.54. The number of hydrogen-bond acceptors (Lipinski definition) is 4. The molecule has 1 fully saturated rings. The number of ether oxygens (including phenoxy) is 1. The van der Waals surface area contributed by atoms with Crippen LogP contribution in [0, 0.1) is 11.8 Å². The molecule has 2 amide bonds. The van der Waals surface area contributed by atoms with Gasteiger partial charge in [-0.05, 0) is 46.9 Å². The Morgan fingerprint density at radius 1 is 0.812 bits per heavy atom. The predicted molar refractivity (Wildman–Crippen MR) is 121 cm³/mol. The molecule has 2 atom stereocenters. The summed E-state index contributed by atoms with van der Waals surface area (Å²) in [5.41, 5.74) is 5.42. The van der Waals surface area contributed by atoms with Crippen LogP contribution in [0.15, 0.2) is 77.9 Å². The van der Waals surface area contributed by atoms with Crippen molar-refractivity contribution in [2.45, 2.75) is 18.8 Å². The minimum atomic E-state index is -0.413. The number of rotatable bonds is 4. The second-order valence-corrected chi connectivity index (χ2v) is 8.50. The van der Waals surface area contributed by atoms with Gasteiger partial charge >= 0.3 is 0 Å². The first kappa shape index (κ1) is 19.0. The average molecular weight is 422 g/mol. The van der Waals surface area contributed by atoms with Crippen LogP contribution in [-0.4, -0.2) is 29.6 Å². The number of amides is 2. The molecule has 32 heavy (non-hydrogen) atoms. The van der Waals surface area contributed by atoms with Crippen molar-refractivity contribution in [1.29, 1.82) is 0 Å². The minimum Gasteiger partial charge on any atom is -0.494 e. The molecule has 3 aromatic carbocycles. The molecular formula is C27H22N2O3. The van der Waals surface area contributed by atoms with Crippen LogP contribution in [0.1, 0.15) is 46.6 Å². The van der Waals surface area contributed by atoms with Gasteiger partial charge in [0.05, 0.1) is 24.7 Å². The first-order valence-electron chi connectivity index (χ1n) is 11.0. The van der Waals surface area contributed by atoms with Gasteiger partial charge in [0.1, 0.15) is 5.75 Å². The van der Waals surface area contributed by atoms with Crippen molar-refractivity contribution < 1.29 is 14.3 Å². The number of hydrogen-bond donors (Lipinski definition) is 0. The molecule has 1 saturated heterocycles. The SMILES string of the molecule is CCOc1cccc(/C=N\N2C(=O)[C@@H]3C4c5ccccc5C(c5ccccc54)[C@H]3C2=O)c1. The number of hydrazone groups is 1. The number of benzene rings is 3. The van der Waals surface area contributed by atoms with Gasteiger partial charge in [-0.25, -0.2) is 0 Å². The fraction of sp³-hybridized carbons (Fsp3) is 0.222. The molecular weight excluding hydrogens is 400 g/mol. The van der Waals surface area contributed by atoms with E-state index in [0.717, 1.165) is 38.6 Å². The van der Waals surface area contributed by atoms with Gasteiger partial charge in [-0.3, -0.25) is 9.59 Å². The zero-order valence-corrected chi connectivity index (χ0v) is 17.6. The van der Waals surface area contributed by atoms with E-state index in [0.29, 0.717) is 6.61 Å². The highest BCUT2D eigenvalue weighted by Gasteiger charge is 2.61. The van der Waals surface area contributed by atoms with Gasteiger partial charge in [0.25, 0.3) is 11.8 Å². The van der Waals surface area contributed by atoms with E-state index in [-0.39, 0.29) is 23.7 Å². The molecule has 5 heteroatoms. The summed E-state index contributed by atoms with van der Waals surface area (Å²) in [4.78, 5) is 27.0. The smallest absolute Gasteiger partial charge is 0.254 e. The normalized spacial score (nSPS) is 25.1. The van der Waals surface area contributed by atoms with Gasteiger partial charge < -0.3 is 4.74 Å². The summed E-state index contributed by atoms with van der Waals surface area (Å²) in [6.07, 6.45) is 1.57. The van der Waals surface area contributed by atoms with Crippen LogP contribution >= 0.6 is 0 Å². The van der Waals surface area contributed by atoms with Crippen molar-refractivity contribution in [1.82, 2.24) is 5.01 Å². The molecule has 1 heterocycles. The van der Waals surface area contributed by atoms with Crippen LogP contribution in [0.3, 0.4) is 0 Å². The summed E-state index contributed by atoms with van der Waals surface area (Å²) in [6.45, 7) is 2.49. The quantitative estimate of drug-likeness (QED) is 0.465. The summed E-state index contributed by atoms with van der Waals surface area (Å²) in [7, 11) is 0. The van der Waals surface area contributed by atoms with E-state index >= 15 is 0 Å². The van der Waals surface area contributed by atoms with Crippen molar-refractivity contribution in [3.05, 3.63) is 101 Å². The lowest BCUT2D eigenvalue weighted by atomic mass is 9.55. The number of imide groups is 1. The first-order valence-corrected chi connectivity index (χ1v) is 11.0. The van der Waals surface area contributed by atoms with Crippen molar-refractivity contribution in [3.63, 3.8) is 0 Å². The minimum absolute atomic E-state index is 0.115. The standard InChI is InChI=1S/C27H22N2O3/c1-2-32-17-9-7-8-16(14-17)15-28-29-26(30)24-22-18-10-3-4-11-19(18)23(25(24)27(29)31)21-13-6-5-12-20(21)22/h3-15,22-25H,2H2,1H3/b28-15-/t22?,23?,24-,25-/m1/s1. The zero-order chi connectivity index (χ0) is 21.8. The van der Waals surface area contributed by atoms with Gasteiger partial charge in [-0.2, -0.15) is 10.1 Å². The van der Waals surface area contributed by atoms with Crippen LogP contribution < -0.4 is 4.74 Å². The fourth-order valence-electron chi connectivity index (χ4n) is 5.75. The van der Waals surface area contributed by atoms with E-state index in [1.807, 2.05) is 55.5 Å². The number of carbonyl (C=O) groups excluding carboxylic acids is 2. The molecule has 4 aliphatic rings. The maximum Gasteiger partial charge on any atom is 0.254 e. The van der Waals surface area contributed by atoms with Gasteiger partial charge in [0.15, 0.2) is 0 Å². The van der Waals surface area contributed by atoms with Crippen LogP contribution in [0.2, 0.25) is 0 Å². The van der Waals surface area contributed by atoms with E-state index in [1.165, 1.54) is 0 Å². The van der Waals surface area contributed by atoms with E-state index in [9.17, 15) is 9.59 Å². The highest BCUT2D eigenvalue weighted by molar-refractivity contribution is 6.08. The molecule has 0 spiro atoms. The van der Waals surface area contributed by atoms with E-state index in [2.05, 4.69) is 29.4 Å². The monoisotopic (exact) mass is 422 g/mol. The van der Waals surface area contributed by atoms with Crippen molar-refractivity contribution in [2.24, 2.45) is 16.9 Å². The maximum atomic E-state index is 13.5.